The highest BCUT2D eigenvalue weighted by Crippen LogP contribution is 2.24. The highest BCUT2D eigenvalue weighted by atomic mass is 16.3. The van der Waals surface area contributed by atoms with Crippen LogP contribution in [0.3, 0.4) is 0 Å². The summed E-state index contributed by atoms with van der Waals surface area (Å²) in [5.41, 5.74) is 0.765. The molecule has 0 aliphatic carbocycles. The van der Waals surface area contributed by atoms with Crippen LogP contribution in [0, 0.1) is 16.2 Å². The third-order valence-corrected chi connectivity index (χ3v) is 1.97. The van der Waals surface area contributed by atoms with Crippen LogP contribution in [0.15, 0.2) is 29.4 Å². The molecule has 0 saturated heterocycles. The zero-order valence-electron chi connectivity index (χ0n) is 7.61. The fraction of sp³-hybridized carbons (Fsp3) is 0.300. The highest BCUT2D eigenvalue weighted by molar-refractivity contribution is 5.42. The average Bonchev–Trinajstić information content (AvgIpc) is 2.18. The van der Waals surface area contributed by atoms with E-state index in [9.17, 15) is 4.91 Å². The zero-order valence-corrected chi connectivity index (χ0v) is 7.61. The van der Waals surface area contributed by atoms with Crippen molar-refractivity contribution in [2.24, 2.45) is 5.18 Å². The van der Waals surface area contributed by atoms with Crippen LogP contribution < -0.4 is 0 Å². The molecule has 0 heterocycles. The average molecular weight is 174 g/mol. The SMILES string of the molecule is CC(C)(C#N)c1ccc(N=O)cc1. The van der Waals surface area contributed by atoms with Crippen LogP contribution >= 0.6 is 0 Å². The van der Waals surface area contributed by atoms with Gasteiger partial charge < -0.3 is 0 Å². The first-order valence-electron chi connectivity index (χ1n) is 3.95. The quantitative estimate of drug-likeness (QED) is 0.647. The van der Waals surface area contributed by atoms with Gasteiger partial charge in [0.25, 0.3) is 0 Å². The Morgan fingerprint density at radius 1 is 1.31 bits per heavy atom. The maximum absolute atomic E-state index is 10.1. The summed E-state index contributed by atoms with van der Waals surface area (Å²) in [7, 11) is 0. The van der Waals surface area contributed by atoms with Crippen LogP contribution in [0.25, 0.3) is 0 Å². The van der Waals surface area contributed by atoms with E-state index in [-0.39, 0.29) is 0 Å². The third kappa shape index (κ3) is 1.91. The molecule has 0 saturated carbocycles. The van der Waals surface area contributed by atoms with Crippen molar-refractivity contribution in [3.8, 4) is 6.07 Å². The van der Waals surface area contributed by atoms with Crippen LogP contribution in [-0.4, -0.2) is 0 Å². The van der Waals surface area contributed by atoms with Gasteiger partial charge in [-0.2, -0.15) is 5.26 Å². The molecule has 0 amide bonds. The molecule has 1 aromatic carbocycles. The number of hydrogen-bond donors (Lipinski definition) is 0. The Hall–Kier alpha value is -1.69. The largest absolute Gasteiger partial charge is 0.197 e. The van der Waals surface area contributed by atoms with Crippen LogP contribution in [0.1, 0.15) is 19.4 Å². The van der Waals surface area contributed by atoms with Gasteiger partial charge in [0.1, 0.15) is 5.69 Å². The fourth-order valence-corrected chi connectivity index (χ4v) is 1.00. The van der Waals surface area contributed by atoms with Crippen LogP contribution in [0.4, 0.5) is 5.69 Å². The van der Waals surface area contributed by atoms with Crippen LogP contribution in [0.5, 0.6) is 0 Å². The minimum absolute atomic E-state index is 0.387. The Labute approximate surface area is 77.0 Å². The molecule has 0 aliphatic heterocycles. The Balaban J connectivity index is 3.07. The minimum Gasteiger partial charge on any atom is -0.197 e. The van der Waals surface area contributed by atoms with E-state index in [0.717, 1.165) is 5.56 Å². The molecule has 66 valence electrons. The van der Waals surface area contributed by atoms with Gasteiger partial charge in [-0.05, 0) is 36.7 Å². The molecule has 1 aromatic rings. The first kappa shape index (κ1) is 9.40. The van der Waals surface area contributed by atoms with Gasteiger partial charge in [0, 0.05) is 0 Å². The summed E-state index contributed by atoms with van der Waals surface area (Å²) in [5.74, 6) is 0. The smallest absolute Gasteiger partial charge is 0.108 e. The van der Waals surface area contributed by atoms with Crippen molar-refractivity contribution < 1.29 is 0 Å². The molecular weight excluding hydrogens is 164 g/mol. The number of nitroso groups, excluding NO2 is 1. The lowest BCUT2D eigenvalue weighted by atomic mass is 9.86. The van der Waals surface area contributed by atoms with E-state index in [1.807, 2.05) is 13.8 Å². The molecule has 3 nitrogen and oxygen atoms in total. The standard InChI is InChI=1S/C10H10N2O/c1-10(2,7-11)8-3-5-9(12-13)6-4-8/h3-6H,1-2H3. The van der Waals surface area contributed by atoms with E-state index in [1.54, 1.807) is 24.3 Å². The van der Waals surface area contributed by atoms with Gasteiger partial charge in [0.2, 0.25) is 0 Å². The molecule has 0 fully saturated rings. The second-order valence-corrected chi connectivity index (χ2v) is 3.37. The van der Waals surface area contributed by atoms with Crippen molar-refractivity contribution in [3.05, 3.63) is 34.7 Å². The Kier molecular flexibility index (Phi) is 2.43. The van der Waals surface area contributed by atoms with Crippen molar-refractivity contribution in [3.63, 3.8) is 0 Å². The van der Waals surface area contributed by atoms with E-state index >= 15 is 0 Å². The fourth-order valence-electron chi connectivity index (χ4n) is 1.00. The summed E-state index contributed by atoms with van der Waals surface area (Å²) in [5, 5.41) is 11.6. The van der Waals surface area contributed by atoms with Gasteiger partial charge in [0.15, 0.2) is 0 Å². The molecule has 3 heteroatoms. The van der Waals surface area contributed by atoms with Gasteiger partial charge in [-0.15, -0.1) is 4.91 Å². The Bertz CT molecular complexity index is 346. The summed E-state index contributed by atoms with van der Waals surface area (Å²) in [6, 6.07) is 8.91. The summed E-state index contributed by atoms with van der Waals surface area (Å²) < 4.78 is 0. The number of nitriles is 1. The van der Waals surface area contributed by atoms with Crippen LogP contribution in [0.2, 0.25) is 0 Å². The molecule has 0 unspecified atom stereocenters. The lowest BCUT2D eigenvalue weighted by Crippen LogP contribution is -2.13. The summed E-state index contributed by atoms with van der Waals surface area (Å²) in [6.45, 7) is 3.66. The first-order valence-corrected chi connectivity index (χ1v) is 3.95. The Morgan fingerprint density at radius 2 is 1.85 bits per heavy atom. The number of nitrogens with zero attached hydrogens (tertiary/aromatic N) is 2. The van der Waals surface area contributed by atoms with Crippen molar-refractivity contribution >= 4 is 5.69 Å². The van der Waals surface area contributed by atoms with E-state index in [0.29, 0.717) is 5.69 Å². The molecule has 0 N–H and O–H groups in total. The van der Waals surface area contributed by atoms with Gasteiger partial charge in [-0.3, -0.25) is 0 Å². The lowest BCUT2D eigenvalue weighted by Gasteiger charge is -2.14. The molecule has 0 aromatic heterocycles. The van der Waals surface area contributed by atoms with Crippen molar-refractivity contribution in [2.45, 2.75) is 19.3 Å². The van der Waals surface area contributed by atoms with Crippen molar-refractivity contribution in [1.82, 2.24) is 0 Å². The third-order valence-electron chi connectivity index (χ3n) is 1.97. The molecule has 0 bridgehead atoms. The molecule has 1 rings (SSSR count). The van der Waals surface area contributed by atoms with Gasteiger partial charge >= 0.3 is 0 Å². The highest BCUT2D eigenvalue weighted by Gasteiger charge is 2.18. The second-order valence-electron chi connectivity index (χ2n) is 3.37. The van der Waals surface area contributed by atoms with E-state index < -0.39 is 5.41 Å². The van der Waals surface area contributed by atoms with E-state index in [4.69, 9.17) is 5.26 Å². The molecule has 0 spiro atoms. The molecular formula is C10H10N2O. The summed E-state index contributed by atoms with van der Waals surface area (Å²) >= 11 is 0. The minimum atomic E-state index is -0.512. The normalized spacial score (nSPS) is 10.5. The van der Waals surface area contributed by atoms with Gasteiger partial charge in [-0.1, -0.05) is 12.1 Å². The predicted octanol–water partition coefficient (Wildman–Crippen LogP) is 2.89. The molecule has 13 heavy (non-hydrogen) atoms. The lowest BCUT2D eigenvalue weighted by molar-refractivity contribution is 0.687. The maximum atomic E-state index is 10.1. The molecule has 0 radical (unpaired) electrons. The molecule has 0 aliphatic rings. The van der Waals surface area contributed by atoms with Crippen LogP contribution in [-0.2, 0) is 5.41 Å². The van der Waals surface area contributed by atoms with E-state index in [2.05, 4.69) is 11.2 Å². The Morgan fingerprint density at radius 3 is 2.23 bits per heavy atom. The van der Waals surface area contributed by atoms with Gasteiger partial charge in [0.05, 0.1) is 11.5 Å². The first-order chi connectivity index (χ1) is 6.10. The predicted molar refractivity (Wildman–Crippen MR) is 50.5 cm³/mol. The summed E-state index contributed by atoms with van der Waals surface area (Å²) in [4.78, 5) is 10.1. The monoisotopic (exact) mass is 174 g/mol. The zero-order chi connectivity index (χ0) is 9.90. The topological polar surface area (TPSA) is 53.2 Å². The van der Waals surface area contributed by atoms with Crippen molar-refractivity contribution in [1.29, 1.82) is 5.26 Å². The van der Waals surface area contributed by atoms with Gasteiger partial charge in [-0.25, -0.2) is 0 Å². The maximum Gasteiger partial charge on any atom is 0.108 e. The second kappa shape index (κ2) is 3.36. The number of rotatable bonds is 2. The molecule has 0 atom stereocenters. The summed E-state index contributed by atoms with van der Waals surface area (Å²) in [6.07, 6.45) is 0. The van der Waals surface area contributed by atoms with E-state index in [1.165, 1.54) is 0 Å². The number of benzene rings is 1. The number of hydrogen-bond acceptors (Lipinski definition) is 3. The van der Waals surface area contributed by atoms with Crippen molar-refractivity contribution in [2.75, 3.05) is 0 Å².